The Morgan fingerprint density at radius 3 is 2.61 bits per heavy atom. The second-order valence-corrected chi connectivity index (χ2v) is 8.82. The molecule has 2 amide bonds. The zero-order valence-corrected chi connectivity index (χ0v) is 20.2. The SMILES string of the molecule is O=C(/C=C\c1cccnc1)NCc1cc2cc(-c3ccc(C(=O)N4CCOCC4)cc3)cc(Cl)c2o1. The van der Waals surface area contributed by atoms with Crippen LogP contribution in [0.25, 0.3) is 28.2 Å². The van der Waals surface area contributed by atoms with Crippen LogP contribution in [-0.2, 0) is 16.1 Å². The average molecular weight is 502 g/mol. The highest BCUT2D eigenvalue weighted by Crippen LogP contribution is 2.33. The molecule has 1 fully saturated rings. The molecule has 3 heterocycles. The van der Waals surface area contributed by atoms with Gasteiger partial charge in [0.25, 0.3) is 5.91 Å². The Morgan fingerprint density at radius 1 is 1.06 bits per heavy atom. The zero-order chi connectivity index (χ0) is 24.9. The van der Waals surface area contributed by atoms with Crippen molar-refractivity contribution >= 4 is 40.5 Å². The first-order chi connectivity index (χ1) is 17.6. The van der Waals surface area contributed by atoms with Gasteiger partial charge in [-0.3, -0.25) is 14.6 Å². The molecule has 2 aromatic carbocycles. The van der Waals surface area contributed by atoms with Crippen LogP contribution < -0.4 is 5.32 Å². The van der Waals surface area contributed by atoms with Crippen LogP contribution in [0.1, 0.15) is 21.7 Å². The molecule has 7 nitrogen and oxygen atoms in total. The molecule has 1 saturated heterocycles. The predicted molar refractivity (Wildman–Crippen MR) is 139 cm³/mol. The molecule has 0 unspecified atom stereocenters. The standard InChI is InChI=1S/C28H24ClN3O4/c29-25-16-22(20-4-6-21(7-5-20)28(34)32-10-12-35-13-11-32)14-23-15-24(36-27(23)25)18-31-26(33)8-3-19-2-1-9-30-17-19/h1-9,14-17H,10-13,18H2,(H,31,33)/b8-3-. The van der Waals surface area contributed by atoms with Crippen molar-refractivity contribution in [3.63, 3.8) is 0 Å². The summed E-state index contributed by atoms with van der Waals surface area (Å²) in [6.07, 6.45) is 6.51. The maximum Gasteiger partial charge on any atom is 0.254 e. The van der Waals surface area contributed by atoms with E-state index < -0.39 is 0 Å². The number of hydrogen-bond acceptors (Lipinski definition) is 5. The lowest BCUT2D eigenvalue weighted by Gasteiger charge is -2.26. The van der Waals surface area contributed by atoms with E-state index in [9.17, 15) is 9.59 Å². The summed E-state index contributed by atoms with van der Waals surface area (Å²) in [5, 5.41) is 4.12. The Kier molecular flexibility index (Phi) is 7.11. The summed E-state index contributed by atoms with van der Waals surface area (Å²) in [6.45, 7) is 2.59. The predicted octanol–water partition coefficient (Wildman–Crippen LogP) is 4.95. The Bertz CT molecular complexity index is 1410. The quantitative estimate of drug-likeness (QED) is 0.378. The van der Waals surface area contributed by atoms with Gasteiger partial charge in [0.1, 0.15) is 5.76 Å². The van der Waals surface area contributed by atoms with Crippen molar-refractivity contribution in [1.29, 1.82) is 0 Å². The lowest BCUT2D eigenvalue weighted by atomic mass is 10.0. The number of amides is 2. The minimum Gasteiger partial charge on any atom is -0.458 e. The van der Waals surface area contributed by atoms with E-state index in [1.54, 1.807) is 18.5 Å². The number of carbonyl (C=O) groups excluding carboxylic acids is 2. The van der Waals surface area contributed by atoms with E-state index in [-0.39, 0.29) is 18.4 Å². The fourth-order valence-electron chi connectivity index (χ4n) is 4.05. The molecule has 0 saturated carbocycles. The topological polar surface area (TPSA) is 84.7 Å². The smallest absolute Gasteiger partial charge is 0.254 e. The Morgan fingerprint density at radius 2 is 1.86 bits per heavy atom. The summed E-state index contributed by atoms with van der Waals surface area (Å²) < 4.78 is 11.2. The number of rotatable bonds is 6. The van der Waals surface area contributed by atoms with Gasteiger partial charge in [-0.15, -0.1) is 0 Å². The minimum absolute atomic E-state index is 0.00939. The molecular weight excluding hydrogens is 478 g/mol. The molecule has 1 N–H and O–H groups in total. The molecule has 1 aliphatic rings. The highest BCUT2D eigenvalue weighted by Gasteiger charge is 2.18. The third-order valence-corrected chi connectivity index (χ3v) is 6.21. The normalized spacial score (nSPS) is 13.9. The average Bonchev–Trinajstić information content (AvgIpc) is 3.35. The molecule has 0 atom stereocenters. The van der Waals surface area contributed by atoms with E-state index in [1.807, 2.05) is 59.5 Å². The van der Waals surface area contributed by atoms with E-state index in [1.165, 1.54) is 6.08 Å². The fourth-order valence-corrected chi connectivity index (χ4v) is 4.32. The first kappa shape index (κ1) is 23.8. The third kappa shape index (κ3) is 5.48. The lowest BCUT2D eigenvalue weighted by molar-refractivity contribution is -0.116. The van der Waals surface area contributed by atoms with Gasteiger partial charge in [-0.2, -0.15) is 0 Å². The van der Waals surface area contributed by atoms with Crippen molar-refractivity contribution < 1.29 is 18.7 Å². The van der Waals surface area contributed by atoms with Crippen molar-refractivity contribution in [2.75, 3.05) is 26.3 Å². The van der Waals surface area contributed by atoms with Gasteiger partial charge in [-0.1, -0.05) is 29.8 Å². The van der Waals surface area contributed by atoms with E-state index in [4.69, 9.17) is 20.8 Å². The van der Waals surface area contributed by atoms with E-state index >= 15 is 0 Å². The molecule has 1 aliphatic heterocycles. The number of nitrogens with one attached hydrogen (secondary N) is 1. The van der Waals surface area contributed by atoms with E-state index in [0.717, 1.165) is 22.1 Å². The second-order valence-electron chi connectivity index (χ2n) is 8.41. The highest BCUT2D eigenvalue weighted by atomic mass is 35.5. The van der Waals surface area contributed by atoms with Crippen LogP contribution in [0.5, 0.6) is 0 Å². The Hall–Kier alpha value is -3.94. The van der Waals surface area contributed by atoms with Gasteiger partial charge in [0.05, 0.1) is 24.8 Å². The van der Waals surface area contributed by atoms with Crippen molar-refractivity contribution in [2.45, 2.75) is 6.54 Å². The van der Waals surface area contributed by atoms with Crippen LogP contribution in [-0.4, -0.2) is 48.0 Å². The largest absolute Gasteiger partial charge is 0.458 e. The number of pyridine rings is 1. The number of aromatic nitrogens is 1. The number of fused-ring (bicyclic) bond motifs is 1. The minimum atomic E-state index is -0.238. The van der Waals surface area contributed by atoms with Crippen molar-refractivity contribution in [3.05, 3.63) is 95.0 Å². The van der Waals surface area contributed by atoms with Crippen molar-refractivity contribution in [2.24, 2.45) is 0 Å². The van der Waals surface area contributed by atoms with Crippen molar-refractivity contribution in [3.8, 4) is 11.1 Å². The summed E-state index contributed by atoms with van der Waals surface area (Å²) in [6, 6.07) is 16.9. The molecule has 0 radical (unpaired) electrons. The molecule has 182 valence electrons. The van der Waals surface area contributed by atoms with Gasteiger partial charge in [0.15, 0.2) is 5.58 Å². The monoisotopic (exact) mass is 501 g/mol. The summed E-state index contributed by atoms with van der Waals surface area (Å²) in [4.78, 5) is 30.7. The van der Waals surface area contributed by atoms with Gasteiger partial charge in [-0.05, 0) is 59.2 Å². The molecule has 0 bridgehead atoms. The maximum absolute atomic E-state index is 12.7. The van der Waals surface area contributed by atoms with Crippen LogP contribution in [0.2, 0.25) is 5.02 Å². The molecule has 2 aromatic heterocycles. The van der Waals surface area contributed by atoms with E-state index in [0.29, 0.717) is 48.2 Å². The zero-order valence-electron chi connectivity index (χ0n) is 19.4. The van der Waals surface area contributed by atoms with Gasteiger partial charge in [0, 0.05) is 42.5 Å². The van der Waals surface area contributed by atoms with Gasteiger partial charge >= 0.3 is 0 Å². The number of furan rings is 1. The fraction of sp³-hybridized carbons (Fsp3) is 0.179. The molecule has 36 heavy (non-hydrogen) atoms. The number of nitrogens with zero attached hydrogens (tertiary/aromatic N) is 2. The summed E-state index contributed by atoms with van der Waals surface area (Å²) in [5.74, 6) is 0.367. The summed E-state index contributed by atoms with van der Waals surface area (Å²) >= 11 is 6.52. The number of hydrogen-bond donors (Lipinski definition) is 1. The highest BCUT2D eigenvalue weighted by molar-refractivity contribution is 6.35. The van der Waals surface area contributed by atoms with Gasteiger partial charge in [-0.25, -0.2) is 0 Å². The number of ether oxygens (including phenoxy) is 1. The number of morpholine rings is 1. The molecule has 0 spiro atoms. The van der Waals surface area contributed by atoms with Crippen molar-refractivity contribution in [1.82, 2.24) is 15.2 Å². The Balaban J connectivity index is 1.27. The van der Waals surface area contributed by atoms with Crippen LogP contribution in [0.15, 0.2) is 77.5 Å². The van der Waals surface area contributed by atoms with Gasteiger partial charge in [0.2, 0.25) is 5.91 Å². The molecule has 8 heteroatoms. The van der Waals surface area contributed by atoms with Gasteiger partial charge < -0.3 is 19.4 Å². The molecular formula is C28H24ClN3O4. The second kappa shape index (κ2) is 10.8. The summed E-state index contributed by atoms with van der Waals surface area (Å²) in [5.41, 5.74) is 3.90. The van der Waals surface area contributed by atoms with E-state index in [2.05, 4.69) is 10.3 Å². The van der Waals surface area contributed by atoms with Crippen LogP contribution in [0.4, 0.5) is 0 Å². The summed E-state index contributed by atoms with van der Waals surface area (Å²) in [7, 11) is 0. The molecule has 0 aliphatic carbocycles. The molecule has 5 rings (SSSR count). The molecule has 4 aromatic rings. The van der Waals surface area contributed by atoms with Crippen LogP contribution in [0.3, 0.4) is 0 Å². The van der Waals surface area contributed by atoms with Crippen LogP contribution in [0, 0.1) is 0 Å². The lowest BCUT2D eigenvalue weighted by Crippen LogP contribution is -2.40. The number of halogens is 1. The van der Waals surface area contributed by atoms with Crippen LogP contribution >= 0.6 is 11.6 Å². The first-order valence-electron chi connectivity index (χ1n) is 11.6. The first-order valence-corrected chi connectivity index (χ1v) is 12.0. The number of benzene rings is 2. The number of carbonyl (C=O) groups is 2. The maximum atomic E-state index is 12.7. The third-order valence-electron chi connectivity index (χ3n) is 5.93. The Labute approximate surface area is 213 Å².